The summed E-state index contributed by atoms with van der Waals surface area (Å²) in [5, 5.41) is 2.21. The van der Waals surface area contributed by atoms with Gasteiger partial charge in [0, 0.05) is 57.0 Å². The number of carbonyl (C=O) groups is 2. The summed E-state index contributed by atoms with van der Waals surface area (Å²) < 4.78 is 0. The van der Waals surface area contributed by atoms with Crippen molar-refractivity contribution in [1.82, 2.24) is 14.7 Å². The van der Waals surface area contributed by atoms with E-state index in [1.54, 1.807) is 0 Å². The van der Waals surface area contributed by atoms with E-state index in [2.05, 4.69) is 54.5 Å². The second kappa shape index (κ2) is 13.4. The number of hydrogen-bond acceptors (Lipinski definition) is 4. The summed E-state index contributed by atoms with van der Waals surface area (Å²) in [6.45, 7) is 8.84. The van der Waals surface area contributed by atoms with Gasteiger partial charge in [0.15, 0.2) is 0 Å². The average molecular weight is 510 g/mol. The highest BCUT2D eigenvalue weighted by Gasteiger charge is 2.31. The fourth-order valence-electron chi connectivity index (χ4n) is 5.68. The number of benzene rings is 1. The summed E-state index contributed by atoms with van der Waals surface area (Å²) in [6, 6.07) is 11.1. The minimum absolute atomic E-state index is 0.220. The number of rotatable bonds is 11. The number of nitrogens with zero attached hydrogens (tertiary/aromatic N) is 3. The first-order valence-corrected chi connectivity index (χ1v) is 14.9. The molecule has 1 aromatic heterocycles. The lowest BCUT2D eigenvalue weighted by molar-refractivity contribution is -0.139. The van der Waals surface area contributed by atoms with Gasteiger partial charge in [-0.05, 0) is 47.9 Å². The molecular weight excluding hydrogens is 466 g/mol. The molecule has 3 heterocycles. The van der Waals surface area contributed by atoms with Crippen LogP contribution in [-0.4, -0.2) is 65.8 Å². The van der Waals surface area contributed by atoms with Gasteiger partial charge >= 0.3 is 0 Å². The van der Waals surface area contributed by atoms with Crippen LogP contribution < -0.4 is 0 Å². The van der Waals surface area contributed by atoms with Crippen LogP contribution in [0.4, 0.5) is 0 Å². The molecule has 2 amide bonds. The van der Waals surface area contributed by atoms with Crippen LogP contribution in [0.3, 0.4) is 0 Å². The Morgan fingerprint density at radius 3 is 2.22 bits per heavy atom. The molecule has 0 aliphatic carbocycles. The van der Waals surface area contributed by atoms with E-state index >= 15 is 0 Å². The first-order chi connectivity index (χ1) is 17.6. The molecule has 0 radical (unpaired) electrons. The first kappa shape index (κ1) is 26.9. The average Bonchev–Trinajstić information content (AvgIpc) is 3.38. The zero-order chi connectivity index (χ0) is 25.3. The van der Waals surface area contributed by atoms with Crippen LogP contribution in [0.5, 0.6) is 0 Å². The van der Waals surface area contributed by atoms with Crippen LogP contribution >= 0.6 is 11.3 Å². The van der Waals surface area contributed by atoms with Crippen molar-refractivity contribution in [3.8, 4) is 0 Å². The second-order valence-corrected chi connectivity index (χ2v) is 11.4. The van der Waals surface area contributed by atoms with E-state index in [9.17, 15) is 9.59 Å². The molecule has 1 atom stereocenters. The van der Waals surface area contributed by atoms with Crippen molar-refractivity contribution in [1.29, 1.82) is 0 Å². The van der Waals surface area contributed by atoms with Gasteiger partial charge < -0.3 is 9.80 Å². The van der Waals surface area contributed by atoms with E-state index in [1.165, 1.54) is 47.3 Å². The van der Waals surface area contributed by atoms with Crippen LogP contribution in [-0.2, 0) is 16.0 Å². The van der Waals surface area contributed by atoms with Gasteiger partial charge in [0.2, 0.25) is 11.8 Å². The Balaban J connectivity index is 1.25. The summed E-state index contributed by atoms with van der Waals surface area (Å²) in [4.78, 5) is 33.6. The van der Waals surface area contributed by atoms with Crippen molar-refractivity contribution in [3.05, 3.63) is 57.3 Å². The number of aryl methyl sites for hydroxylation is 1. The summed E-state index contributed by atoms with van der Waals surface area (Å²) in [5.41, 5.74) is 4.06. The summed E-state index contributed by atoms with van der Waals surface area (Å²) in [7, 11) is 0. The van der Waals surface area contributed by atoms with Gasteiger partial charge in [-0.1, -0.05) is 63.3 Å². The maximum absolute atomic E-state index is 13.1. The topological polar surface area (TPSA) is 43.9 Å². The predicted octanol–water partition coefficient (Wildman–Crippen LogP) is 5.82. The monoisotopic (exact) mass is 509 g/mol. The minimum atomic E-state index is 0.220. The van der Waals surface area contributed by atoms with Gasteiger partial charge in [0.25, 0.3) is 0 Å². The maximum atomic E-state index is 13.1. The van der Waals surface area contributed by atoms with Crippen molar-refractivity contribution >= 4 is 23.2 Å². The molecule has 0 spiro atoms. The quantitative estimate of drug-likeness (QED) is 0.359. The van der Waals surface area contributed by atoms with Crippen LogP contribution in [0.2, 0.25) is 0 Å². The van der Waals surface area contributed by atoms with Crippen LogP contribution in [0.1, 0.15) is 85.9 Å². The molecule has 2 aromatic rings. The summed E-state index contributed by atoms with van der Waals surface area (Å²) in [6.07, 6.45) is 9.45. The molecule has 0 bridgehead atoms. The molecule has 1 saturated heterocycles. The Morgan fingerprint density at radius 1 is 0.833 bits per heavy atom. The van der Waals surface area contributed by atoms with E-state index in [4.69, 9.17) is 0 Å². The van der Waals surface area contributed by atoms with Crippen molar-refractivity contribution in [3.63, 3.8) is 0 Å². The molecular formula is C30H43N3O2S. The first-order valence-electron chi connectivity index (χ1n) is 14.0. The fourth-order valence-corrected chi connectivity index (χ4v) is 6.59. The summed E-state index contributed by atoms with van der Waals surface area (Å²) in [5.74, 6) is 0.483. The highest BCUT2D eigenvalue weighted by atomic mass is 32.1. The smallest absolute Gasteiger partial charge is 0.223 e. The second-order valence-electron chi connectivity index (χ2n) is 10.4. The number of carbonyl (C=O) groups excluding carboxylic acids is 2. The zero-order valence-corrected chi connectivity index (χ0v) is 23.0. The molecule has 2 aliphatic rings. The normalized spacial score (nSPS) is 18.3. The largest absolute Gasteiger partial charge is 0.339 e. The highest BCUT2D eigenvalue weighted by Crippen LogP contribution is 2.38. The zero-order valence-electron chi connectivity index (χ0n) is 22.2. The number of piperazine rings is 1. The minimum Gasteiger partial charge on any atom is -0.339 e. The molecule has 2 aliphatic heterocycles. The predicted molar refractivity (Wildman–Crippen MR) is 148 cm³/mol. The van der Waals surface area contributed by atoms with E-state index in [0.717, 1.165) is 32.4 Å². The standard InChI is InChI=1S/C30H43N3O2S/c1-3-4-5-6-7-8-13-28(34)31-19-21-32(22-20-31)29(35)15-18-33-17-14-27-26(16-23-36-27)30(33)25-12-10-9-11-24(25)2/h9-12,16,23,30H,3-8,13-15,17-22H2,1-2H3/t30-/m1/s1. The van der Waals surface area contributed by atoms with Crippen LogP contribution in [0, 0.1) is 6.92 Å². The van der Waals surface area contributed by atoms with Crippen molar-refractivity contribution in [2.24, 2.45) is 0 Å². The van der Waals surface area contributed by atoms with Gasteiger partial charge in [-0.15, -0.1) is 11.3 Å². The molecule has 1 fully saturated rings. The third-order valence-electron chi connectivity index (χ3n) is 7.89. The van der Waals surface area contributed by atoms with Gasteiger partial charge in [0.05, 0.1) is 6.04 Å². The lowest BCUT2D eigenvalue weighted by Crippen LogP contribution is -2.51. The van der Waals surface area contributed by atoms with Crippen molar-refractivity contribution in [2.45, 2.75) is 77.7 Å². The van der Waals surface area contributed by atoms with Crippen LogP contribution in [0.25, 0.3) is 0 Å². The Morgan fingerprint density at radius 2 is 1.50 bits per heavy atom. The molecule has 4 rings (SSSR count). The van der Waals surface area contributed by atoms with E-state index in [1.807, 2.05) is 21.1 Å². The SMILES string of the molecule is CCCCCCCCC(=O)N1CCN(C(=O)CCN2CCc3sccc3[C@H]2c2ccccc2C)CC1. The maximum Gasteiger partial charge on any atom is 0.223 e. The van der Waals surface area contributed by atoms with Gasteiger partial charge in [-0.3, -0.25) is 14.5 Å². The Labute approximate surface area is 221 Å². The Hall–Kier alpha value is -2.18. The highest BCUT2D eigenvalue weighted by molar-refractivity contribution is 7.10. The molecule has 0 unspecified atom stereocenters. The molecule has 36 heavy (non-hydrogen) atoms. The molecule has 6 heteroatoms. The van der Waals surface area contributed by atoms with E-state index in [0.29, 0.717) is 39.0 Å². The molecule has 0 N–H and O–H groups in total. The van der Waals surface area contributed by atoms with E-state index in [-0.39, 0.29) is 17.9 Å². The summed E-state index contributed by atoms with van der Waals surface area (Å²) >= 11 is 1.86. The number of thiophene rings is 1. The lowest BCUT2D eigenvalue weighted by Gasteiger charge is -2.38. The number of fused-ring (bicyclic) bond motifs is 1. The third kappa shape index (κ3) is 6.77. The third-order valence-corrected chi connectivity index (χ3v) is 8.89. The van der Waals surface area contributed by atoms with Gasteiger partial charge in [-0.25, -0.2) is 0 Å². The molecule has 0 saturated carbocycles. The molecule has 5 nitrogen and oxygen atoms in total. The Kier molecular flexibility index (Phi) is 9.99. The Bertz CT molecular complexity index is 996. The van der Waals surface area contributed by atoms with Crippen LogP contribution in [0.15, 0.2) is 35.7 Å². The number of hydrogen-bond donors (Lipinski definition) is 0. The van der Waals surface area contributed by atoms with Gasteiger partial charge in [-0.2, -0.15) is 0 Å². The van der Waals surface area contributed by atoms with Gasteiger partial charge in [0.1, 0.15) is 0 Å². The number of unbranched alkanes of at least 4 members (excludes halogenated alkanes) is 5. The molecule has 196 valence electrons. The van der Waals surface area contributed by atoms with Crippen molar-refractivity contribution < 1.29 is 9.59 Å². The number of amides is 2. The fraction of sp³-hybridized carbons (Fsp3) is 0.600. The molecule has 1 aromatic carbocycles. The van der Waals surface area contributed by atoms with Crippen molar-refractivity contribution in [2.75, 3.05) is 39.3 Å². The lowest BCUT2D eigenvalue weighted by atomic mass is 9.90. The van der Waals surface area contributed by atoms with E-state index < -0.39 is 0 Å².